The minimum atomic E-state index is -0.747. The molecule has 1 saturated carbocycles. The van der Waals surface area contributed by atoms with Gasteiger partial charge >= 0.3 is 5.97 Å². The maximum absolute atomic E-state index is 11.4. The summed E-state index contributed by atoms with van der Waals surface area (Å²) in [4.78, 5) is 11.4. The first kappa shape index (κ1) is 15.4. The molecule has 1 aliphatic carbocycles. The van der Waals surface area contributed by atoms with E-state index in [1.54, 1.807) is 0 Å². The zero-order valence-corrected chi connectivity index (χ0v) is 11.7. The molecule has 1 fully saturated rings. The largest absolute Gasteiger partial charge is 0.480 e. The van der Waals surface area contributed by atoms with E-state index in [4.69, 9.17) is 4.74 Å². The molecule has 0 aromatic rings. The summed E-state index contributed by atoms with van der Waals surface area (Å²) in [6.45, 7) is 5.60. The van der Waals surface area contributed by atoms with E-state index in [1.165, 1.54) is 19.3 Å². The Hall–Kier alpha value is -0.610. The average molecular weight is 257 g/mol. The van der Waals surface area contributed by atoms with Crippen LogP contribution in [0.1, 0.15) is 58.8 Å². The number of hydrogen-bond acceptors (Lipinski definition) is 3. The maximum Gasteiger partial charge on any atom is 0.323 e. The normalized spacial score (nSPS) is 27.6. The van der Waals surface area contributed by atoms with E-state index in [1.807, 2.05) is 6.92 Å². The molecule has 2 N–H and O–H groups in total. The van der Waals surface area contributed by atoms with Gasteiger partial charge in [-0.3, -0.25) is 4.79 Å². The molecule has 106 valence electrons. The monoisotopic (exact) mass is 257 g/mol. The van der Waals surface area contributed by atoms with Crippen molar-refractivity contribution in [2.75, 3.05) is 13.2 Å². The van der Waals surface area contributed by atoms with Crippen molar-refractivity contribution >= 4 is 5.97 Å². The molecule has 0 heterocycles. The molecule has 0 aliphatic heterocycles. The summed E-state index contributed by atoms with van der Waals surface area (Å²) in [6, 6.07) is 0. The lowest BCUT2D eigenvalue weighted by molar-refractivity contribution is -0.145. The van der Waals surface area contributed by atoms with Gasteiger partial charge in [-0.2, -0.15) is 0 Å². The summed E-state index contributed by atoms with van der Waals surface area (Å²) in [7, 11) is 0. The lowest BCUT2D eigenvalue weighted by Gasteiger charge is -2.25. The van der Waals surface area contributed by atoms with Crippen molar-refractivity contribution in [2.45, 2.75) is 70.4 Å². The molecule has 0 spiro atoms. The molecule has 0 bridgehead atoms. The van der Waals surface area contributed by atoms with Crippen LogP contribution in [0.2, 0.25) is 0 Å². The minimum absolute atomic E-state index is 0.113. The van der Waals surface area contributed by atoms with Gasteiger partial charge in [-0.1, -0.05) is 33.1 Å². The van der Waals surface area contributed by atoms with Gasteiger partial charge in [-0.25, -0.2) is 0 Å². The molecule has 0 saturated heterocycles. The number of carbonyl (C=O) groups is 1. The molecule has 4 heteroatoms. The fourth-order valence-corrected chi connectivity index (χ4v) is 2.69. The Morgan fingerprint density at radius 1 is 1.39 bits per heavy atom. The van der Waals surface area contributed by atoms with Gasteiger partial charge in [0.25, 0.3) is 0 Å². The summed E-state index contributed by atoms with van der Waals surface area (Å²) >= 11 is 0. The Bertz CT molecular complexity index is 257. The first-order valence-electron chi connectivity index (χ1n) is 7.24. The molecule has 2 atom stereocenters. The van der Waals surface area contributed by atoms with Gasteiger partial charge in [0.15, 0.2) is 0 Å². The summed E-state index contributed by atoms with van der Waals surface area (Å²) in [6.07, 6.45) is 7.02. The Morgan fingerprint density at radius 3 is 2.78 bits per heavy atom. The highest BCUT2D eigenvalue weighted by molar-refractivity contribution is 5.79. The molecular formula is C14H27NO3. The van der Waals surface area contributed by atoms with Gasteiger partial charge in [0, 0.05) is 13.0 Å². The Balaban J connectivity index is 2.28. The van der Waals surface area contributed by atoms with Crippen LogP contribution in [-0.4, -0.2) is 35.9 Å². The molecule has 4 nitrogen and oxygen atoms in total. The van der Waals surface area contributed by atoms with Gasteiger partial charge in [-0.15, -0.1) is 0 Å². The van der Waals surface area contributed by atoms with Crippen LogP contribution >= 0.6 is 0 Å². The number of unbranched alkanes of at least 4 members (excludes halogenated alkanes) is 3. The van der Waals surface area contributed by atoms with Gasteiger partial charge in [-0.05, 0) is 25.8 Å². The molecular weight excluding hydrogens is 230 g/mol. The van der Waals surface area contributed by atoms with Crippen molar-refractivity contribution in [1.82, 2.24) is 5.32 Å². The number of likely N-dealkylation sites (N-methyl/N-ethyl adjacent to an activating group) is 1. The number of carboxylic acid groups (broad SMARTS) is 1. The van der Waals surface area contributed by atoms with Crippen LogP contribution in [0.5, 0.6) is 0 Å². The lowest BCUT2D eigenvalue weighted by Crippen LogP contribution is -2.50. The second-order valence-corrected chi connectivity index (χ2v) is 5.21. The molecule has 0 aromatic heterocycles. The van der Waals surface area contributed by atoms with E-state index in [0.717, 1.165) is 19.4 Å². The number of carboxylic acids is 1. The third-order valence-corrected chi connectivity index (χ3v) is 3.75. The van der Waals surface area contributed by atoms with Crippen molar-refractivity contribution < 1.29 is 14.6 Å². The minimum Gasteiger partial charge on any atom is -0.480 e. The van der Waals surface area contributed by atoms with Gasteiger partial charge in [0.2, 0.25) is 0 Å². The second kappa shape index (κ2) is 7.74. The van der Waals surface area contributed by atoms with Gasteiger partial charge < -0.3 is 15.2 Å². The maximum atomic E-state index is 11.4. The Kier molecular flexibility index (Phi) is 6.65. The van der Waals surface area contributed by atoms with E-state index in [-0.39, 0.29) is 6.10 Å². The number of hydrogen-bond donors (Lipinski definition) is 2. The van der Waals surface area contributed by atoms with Gasteiger partial charge in [0.05, 0.1) is 6.10 Å². The van der Waals surface area contributed by atoms with Crippen LogP contribution in [0.3, 0.4) is 0 Å². The Morgan fingerprint density at radius 2 is 2.17 bits per heavy atom. The van der Waals surface area contributed by atoms with Crippen molar-refractivity contribution in [1.29, 1.82) is 0 Å². The lowest BCUT2D eigenvalue weighted by atomic mass is 9.98. The summed E-state index contributed by atoms with van der Waals surface area (Å²) in [5.41, 5.74) is -0.747. The van der Waals surface area contributed by atoms with Crippen LogP contribution in [-0.2, 0) is 9.53 Å². The number of ether oxygens (including phenoxy) is 1. The fraction of sp³-hybridized carbons (Fsp3) is 0.929. The summed E-state index contributed by atoms with van der Waals surface area (Å²) in [5, 5.41) is 12.5. The van der Waals surface area contributed by atoms with Crippen molar-refractivity contribution in [2.24, 2.45) is 0 Å². The molecule has 18 heavy (non-hydrogen) atoms. The standard InChI is InChI=1S/C14H27NO3/c1-3-5-6-7-10-18-12-8-9-14(11-12,13(16)17)15-4-2/h12,15H,3-11H2,1-2H3,(H,16,17). The summed E-state index contributed by atoms with van der Waals surface area (Å²) < 4.78 is 5.80. The van der Waals surface area contributed by atoms with E-state index in [9.17, 15) is 9.90 Å². The molecule has 0 radical (unpaired) electrons. The fourth-order valence-electron chi connectivity index (χ4n) is 2.69. The molecule has 2 unspecified atom stereocenters. The van der Waals surface area contributed by atoms with Crippen LogP contribution < -0.4 is 5.32 Å². The first-order valence-corrected chi connectivity index (χ1v) is 7.24. The quantitative estimate of drug-likeness (QED) is 0.623. The highest BCUT2D eigenvalue weighted by Crippen LogP contribution is 2.32. The average Bonchev–Trinajstić information content (AvgIpc) is 2.74. The van der Waals surface area contributed by atoms with Crippen molar-refractivity contribution in [3.05, 3.63) is 0 Å². The summed E-state index contributed by atoms with van der Waals surface area (Å²) in [5.74, 6) is -0.735. The topological polar surface area (TPSA) is 58.6 Å². The van der Waals surface area contributed by atoms with Gasteiger partial charge in [0.1, 0.15) is 5.54 Å². The SMILES string of the molecule is CCCCCCOC1CCC(NCC)(C(=O)O)C1. The third kappa shape index (κ3) is 4.25. The molecule has 1 rings (SSSR count). The van der Waals surface area contributed by atoms with Crippen LogP contribution in [0.15, 0.2) is 0 Å². The van der Waals surface area contributed by atoms with Crippen molar-refractivity contribution in [3.8, 4) is 0 Å². The van der Waals surface area contributed by atoms with E-state index in [2.05, 4.69) is 12.2 Å². The highest BCUT2D eigenvalue weighted by Gasteiger charge is 2.45. The van der Waals surface area contributed by atoms with E-state index < -0.39 is 11.5 Å². The number of nitrogens with one attached hydrogen (secondary N) is 1. The second-order valence-electron chi connectivity index (χ2n) is 5.21. The van der Waals surface area contributed by atoms with Crippen LogP contribution in [0.4, 0.5) is 0 Å². The molecule has 0 amide bonds. The number of aliphatic carboxylic acids is 1. The first-order chi connectivity index (χ1) is 8.64. The smallest absolute Gasteiger partial charge is 0.323 e. The number of rotatable bonds is 9. The predicted octanol–water partition coefficient (Wildman–Crippen LogP) is 2.57. The zero-order chi connectivity index (χ0) is 13.4. The highest BCUT2D eigenvalue weighted by atomic mass is 16.5. The predicted molar refractivity (Wildman–Crippen MR) is 71.8 cm³/mol. The van der Waals surface area contributed by atoms with Crippen LogP contribution in [0.25, 0.3) is 0 Å². The Labute approximate surface area is 110 Å². The van der Waals surface area contributed by atoms with E-state index >= 15 is 0 Å². The van der Waals surface area contributed by atoms with Crippen molar-refractivity contribution in [3.63, 3.8) is 0 Å². The van der Waals surface area contributed by atoms with E-state index in [0.29, 0.717) is 19.4 Å². The third-order valence-electron chi connectivity index (χ3n) is 3.75. The molecule has 1 aliphatic rings. The van der Waals surface area contributed by atoms with Crippen LogP contribution in [0, 0.1) is 0 Å². The molecule has 0 aromatic carbocycles. The zero-order valence-electron chi connectivity index (χ0n) is 11.7.